The SMILES string of the molecule is CC(C)C(=O)Nc1ccc(C(=O)N/N=C/c2cccc3ccccc23)cc1. The molecule has 0 radical (unpaired) electrons. The smallest absolute Gasteiger partial charge is 0.271 e. The van der Waals surface area contributed by atoms with Crippen LogP contribution in [0, 0.1) is 5.92 Å². The number of nitrogens with one attached hydrogen (secondary N) is 2. The van der Waals surface area contributed by atoms with Crippen LogP contribution < -0.4 is 10.7 Å². The fourth-order valence-electron chi connectivity index (χ4n) is 2.58. The molecule has 3 aromatic carbocycles. The van der Waals surface area contributed by atoms with E-state index in [9.17, 15) is 9.59 Å². The minimum absolute atomic E-state index is 0.0631. The number of carbonyl (C=O) groups is 2. The Balaban J connectivity index is 1.65. The Hall–Kier alpha value is -3.47. The molecule has 5 nitrogen and oxygen atoms in total. The largest absolute Gasteiger partial charge is 0.326 e. The fourth-order valence-corrected chi connectivity index (χ4v) is 2.58. The third kappa shape index (κ3) is 4.58. The van der Waals surface area contributed by atoms with E-state index in [0.29, 0.717) is 11.3 Å². The van der Waals surface area contributed by atoms with Crippen LogP contribution >= 0.6 is 0 Å². The maximum Gasteiger partial charge on any atom is 0.271 e. The lowest BCUT2D eigenvalue weighted by Crippen LogP contribution is -2.19. The molecule has 2 N–H and O–H groups in total. The molecule has 0 aliphatic rings. The number of carbonyl (C=O) groups excluding carboxylic acids is 2. The number of rotatable bonds is 5. The molecule has 2 amide bonds. The van der Waals surface area contributed by atoms with Crippen LogP contribution in [-0.2, 0) is 4.79 Å². The van der Waals surface area contributed by atoms with Crippen molar-refractivity contribution < 1.29 is 9.59 Å². The Morgan fingerprint density at radius 3 is 2.37 bits per heavy atom. The highest BCUT2D eigenvalue weighted by Crippen LogP contribution is 2.16. The highest BCUT2D eigenvalue weighted by atomic mass is 16.2. The van der Waals surface area contributed by atoms with E-state index in [1.165, 1.54) is 0 Å². The Morgan fingerprint density at radius 2 is 1.63 bits per heavy atom. The van der Waals surface area contributed by atoms with Crippen LogP contribution in [0.15, 0.2) is 71.8 Å². The van der Waals surface area contributed by atoms with Gasteiger partial charge in [-0.2, -0.15) is 5.10 Å². The van der Waals surface area contributed by atoms with Crippen LogP contribution in [0.4, 0.5) is 5.69 Å². The molecule has 0 saturated heterocycles. The zero-order valence-electron chi connectivity index (χ0n) is 15.3. The molecule has 0 aliphatic carbocycles. The average Bonchev–Trinajstić information content (AvgIpc) is 2.68. The fraction of sp³-hybridized carbons (Fsp3) is 0.136. The first-order valence-electron chi connectivity index (χ1n) is 8.76. The Labute approximate surface area is 158 Å². The lowest BCUT2D eigenvalue weighted by molar-refractivity contribution is -0.118. The third-order valence-corrected chi connectivity index (χ3v) is 4.13. The zero-order valence-corrected chi connectivity index (χ0v) is 15.3. The van der Waals surface area contributed by atoms with Gasteiger partial charge in [-0.1, -0.05) is 56.3 Å². The van der Waals surface area contributed by atoms with Gasteiger partial charge in [0.1, 0.15) is 0 Å². The van der Waals surface area contributed by atoms with Gasteiger partial charge in [-0.3, -0.25) is 9.59 Å². The minimum Gasteiger partial charge on any atom is -0.326 e. The number of nitrogens with zero attached hydrogens (tertiary/aromatic N) is 1. The lowest BCUT2D eigenvalue weighted by atomic mass is 10.1. The number of fused-ring (bicyclic) bond motifs is 1. The number of benzene rings is 3. The summed E-state index contributed by atoms with van der Waals surface area (Å²) in [4.78, 5) is 23.9. The summed E-state index contributed by atoms with van der Waals surface area (Å²) >= 11 is 0. The van der Waals surface area contributed by atoms with Crippen LogP contribution in [-0.4, -0.2) is 18.0 Å². The van der Waals surface area contributed by atoms with E-state index in [1.807, 2.05) is 56.3 Å². The summed E-state index contributed by atoms with van der Waals surface area (Å²) < 4.78 is 0. The molecule has 0 fully saturated rings. The number of hydrazone groups is 1. The molecular weight excluding hydrogens is 338 g/mol. The van der Waals surface area contributed by atoms with Crippen molar-refractivity contribution in [2.75, 3.05) is 5.32 Å². The molecule has 0 saturated carbocycles. The number of hydrogen-bond acceptors (Lipinski definition) is 3. The third-order valence-electron chi connectivity index (χ3n) is 4.13. The second kappa shape index (κ2) is 8.27. The first-order valence-corrected chi connectivity index (χ1v) is 8.76. The van der Waals surface area contributed by atoms with E-state index in [2.05, 4.69) is 15.8 Å². The van der Waals surface area contributed by atoms with Gasteiger partial charge in [0.15, 0.2) is 0 Å². The summed E-state index contributed by atoms with van der Waals surface area (Å²) in [5.41, 5.74) is 4.59. The van der Waals surface area contributed by atoms with Gasteiger partial charge in [-0.15, -0.1) is 0 Å². The molecule has 0 aliphatic heterocycles. The van der Waals surface area contributed by atoms with Crippen LogP contribution in [0.5, 0.6) is 0 Å². The van der Waals surface area contributed by atoms with E-state index >= 15 is 0 Å². The number of amides is 2. The summed E-state index contributed by atoms with van der Waals surface area (Å²) in [5, 5.41) is 9.05. The molecule has 27 heavy (non-hydrogen) atoms. The van der Waals surface area contributed by atoms with Gasteiger partial charge in [0.25, 0.3) is 5.91 Å². The summed E-state index contributed by atoms with van der Waals surface area (Å²) in [6.45, 7) is 3.65. The van der Waals surface area contributed by atoms with Crippen LogP contribution in [0.2, 0.25) is 0 Å². The van der Waals surface area contributed by atoms with Crippen molar-refractivity contribution in [3.63, 3.8) is 0 Å². The van der Waals surface area contributed by atoms with Gasteiger partial charge in [0.2, 0.25) is 5.91 Å². The van der Waals surface area contributed by atoms with Crippen molar-refractivity contribution in [1.29, 1.82) is 0 Å². The molecule has 0 unspecified atom stereocenters. The van der Waals surface area contributed by atoms with E-state index in [1.54, 1.807) is 30.5 Å². The van der Waals surface area contributed by atoms with Crippen molar-refractivity contribution in [2.45, 2.75) is 13.8 Å². The Kier molecular flexibility index (Phi) is 5.61. The topological polar surface area (TPSA) is 70.6 Å². The first-order chi connectivity index (χ1) is 13.0. The summed E-state index contributed by atoms with van der Waals surface area (Å²) in [5.74, 6) is -0.475. The predicted molar refractivity (Wildman–Crippen MR) is 109 cm³/mol. The van der Waals surface area contributed by atoms with Gasteiger partial charge in [-0.25, -0.2) is 5.43 Å². The van der Waals surface area contributed by atoms with E-state index in [4.69, 9.17) is 0 Å². The number of hydrogen-bond donors (Lipinski definition) is 2. The molecule has 3 rings (SSSR count). The molecular formula is C22H21N3O2. The molecule has 0 spiro atoms. The van der Waals surface area contributed by atoms with Crippen LogP contribution in [0.1, 0.15) is 29.8 Å². The first kappa shape index (κ1) is 18.3. The van der Waals surface area contributed by atoms with Gasteiger partial charge in [-0.05, 0) is 35.0 Å². The molecule has 0 aromatic heterocycles. The van der Waals surface area contributed by atoms with Crippen molar-refractivity contribution in [2.24, 2.45) is 11.0 Å². The quantitative estimate of drug-likeness (QED) is 0.529. The summed E-state index contributed by atoms with van der Waals surface area (Å²) in [7, 11) is 0. The van der Waals surface area contributed by atoms with Gasteiger partial charge >= 0.3 is 0 Å². The predicted octanol–water partition coefficient (Wildman–Crippen LogP) is 4.20. The Morgan fingerprint density at radius 1 is 0.926 bits per heavy atom. The second-order valence-corrected chi connectivity index (χ2v) is 6.49. The standard InChI is InChI=1S/C22H21N3O2/c1-15(2)21(26)24-19-12-10-17(11-13-19)22(27)25-23-14-18-8-5-7-16-6-3-4-9-20(16)18/h3-15H,1-2H3,(H,24,26)(H,25,27)/b23-14+. The van der Waals surface area contributed by atoms with E-state index in [0.717, 1.165) is 16.3 Å². The van der Waals surface area contributed by atoms with Gasteiger partial charge in [0.05, 0.1) is 6.21 Å². The van der Waals surface area contributed by atoms with E-state index < -0.39 is 0 Å². The van der Waals surface area contributed by atoms with Gasteiger partial charge in [0, 0.05) is 22.7 Å². The maximum atomic E-state index is 12.2. The minimum atomic E-state index is -0.312. The normalized spacial score (nSPS) is 11.1. The second-order valence-electron chi connectivity index (χ2n) is 6.49. The summed E-state index contributed by atoms with van der Waals surface area (Å²) in [6.07, 6.45) is 1.64. The monoisotopic (exact) mass is 359 g/mol. The van der Waals surface area contributed by atoms with Crippen molar-refractivity contribution >= 4 is 34.5 Å². The highest BCUT2D eigenvalue weighted by molar-refractivity contribution is 6.01. The molecule has 136 valence electrons. The maximum absolute atomic E-state index is 12.2. The van der Waals surface area contributed by atoms with Gasteiger partial charge < -0.3 is 5.32 Å². The molecule has 5 heteroatoms. The molecule has 0 bridgehead atoms. The molecule has 3 aromatic rings. The zero-order chi connectivity index (χ0) is 19.2. The van der Waals surface area contributed by atoms with Crippen molar-refractivity contribution in [3.05, 3.63) is 77.9 Å². The number of anilines is 1. The highest BCUT2D eigenvalue weighted by Gasteiger charge is 2.08. The van der Waals surface area contributed by atoms with Crippen molar-refractivity contribution in [1.82, 2.24) is 5.43 Å². The average molecular weight is 359 g/mol. The van der Waals surface area contributed by atoms with E-state index in [-0.39, 0.29) is 17.7 Å². The molecule has 0 atom stereocenters. The van der Waals surface area contributed by atoms with Crippen LogP contribution in [0.3, 0.4) is 0 Å². The molecule has 0 heterocycles. The Bertz CT molecular complexity index is 987. The lowest BCUT2D eigenvalue weighted by Gasteiger charge is -2.08. The summed E-state index contributed by atoms with van der Waals surface area (Å²) in [6, 6.07) is 20.6. The van der Waals surface area contributed by atoms with Crippen molar-refractivity contribution in [3.8, 4) is 0 Å². The van der Waals surface area contributed by atoms with Crippen LogP contribution in [0.25, 0.3) is 10.8 Å².